The third kappa shape index (κ3) is 4.91. The summed E-state index contributed by atoms with van der Waals surface area (Å²) in [7, 11) is 0. The number of hydrogen-bond donors (Lipinski definition) is 0. The number of carbonyl (C=O) groups excluding carboxylic acids is 2. The third-order valence-corrected chi connectivity index (χ3v) is 6.45. The number of thioether (sulfide) groups is 1. The Labute approximate surface area is 190 Å². The molecule has 2 aromatic carbocycles. The standard InChI is InChI=1S/C23H22N2O4S2/c1-2-24(14-16-6-4-3-5-7-16)21(26)10-11-25-22(27)20(31-23(25)30)13-17-8-9-18-19(12-17)29-15-28-18/h3-9,12-13H,2,10-11,14-15H2,1H3. The molecular weight excluding hydrogens is 432 g/mol. The van der Waals surface area contributed by atoms with Crippen molar-refractivity contribution in [1.29, 1.82) is 0 Å². The predicted molar refractivity (Wildman–Crippen MR) is 125 cm³/mol. The second kappa shape index (κ2) is 9.53. The molecule has 0 aliphatic carbocycles. The number of fused-ring (bicyclic) bond motifs is 1. The summed E-state index contributed by atoms with van der Waals surface area (Å²) in [4.78, 5) is 29.4. The van der Waals surface area contributed by atoms with Gasteiger partial charge in [0.2, 0.25) is 12.7 Å². The number of rotatable bonds is 7. The summed E-state index contributed by atoms with van der Waals surface area (Å²) in [6, 6.07) is 15.4. The fourth-order valence-electron chi connectivity index (χ4n) is 3.39. The lowest BCUT2D eigenvalue weighted by Gasteiger charge is -2.22. The molecule has 2 heterocycles. The lowest BCUT2D eigenvalue weighted by Crippen LogP contribution is -2.35. The normalized spacial score (nSPS) is 16.3. The van der Waals surface area contributed by atoms with E-state index in [-0.39, 0.29) is 31.6 Å². The minimum atomic E-state index is -0.174. The van der Waals surface area contributed by atoms with Crippen molar-refractivity contribution in [3.63, 3.8) is 0 Å². The number of thiocarbonyl (C=S) groups is 1. The summed E-state index contributed by atoms with van der Waals surface area (Å²) in [5.41, 5.74) is 1.91. The maximum Gasteiger partial charge on any atom is 0.266 e. The van der Waals surface area contributed by atoms with Crippen molar-refractivity contribution in [3.05, 3.63) is 64.6 Å². The number of nitrogens with zero attached hydrogens (tertiary/aromatic N) is 2. The fraction of sp³-hybridized carbons (Fsp3) is 0.261. The molecule has 8 heteroatoms. The van der Waals surface area contributed by atoms with Gasteiger partial charge in [0.15, 0.2) is 11.5 Å². The van der Waals surface area contributed by atoms with Crippen molar-refractivity contribution in [1.82, 2.24) is 9.80 Å². The molecule has 0 unspecified atom stereocenters. The van der Waals surface area contributed by atoms with E-state index in [0.29, 0.717) is 33.8 Å². The molecule has 2 aliphatic rings. The van der Waals surface area contributed by atoms with Crippen molar-refractivity contribution in [2.75, 3.05) is 19.9 Å². The van der Waals surface area contributed by atoms with E-state index in [0.717, 1.165) is 11.1 Å². The lowest BCUT2D eigenvalue weighted by atomic mass is 10.2. The second-order valence-electron chi connectivity index (χ2n) is 7.09. The van der Waals surface area contributed by atoms with Crippen molar-refractivity contribution in [2.45, 2.75) is 19.9 Å². The van der Waals surface area contributed by atoms with E-state index in [1.807, 2.05) is 55.5 Å². The van der Waals surface area contributed by atoms with Gasteiger partial charge in [0.25, 0.3) is 5.91 Å². The fourth-order valence-corrected chi connectivity index (χ4v) is 4.70. The molecule has 0 saturated carbocycles. The molecule has 4 rings (SSSR count). The number of hydrogen-bond acceptors (Lipinski definition) is 6. The van der Waals surface area contributed by atoms with Crippen LogP contribution in [0.15, 0.2) is 53.4 Å². The molecule has 0 radical (unpaired) electrons. The Kier molecular flexibility index (Phi) is 6.58. The molecule has 1 fully saturated rings. The van der Waals surface area contributed by atoms with Gasteiger partial charge in [-0.05, 0) is 36.3 Å². The molecule has 2 amide bonds. The second-order valence-corrected chi connectivity index (χ2v) is 8.77. The van der Waals surface area contributed by atoms with Gasteiger partial charge in [-0.3, -0.25) is 14.5 Å². The summed E-state index contributed by atoms with van der Waals surface area (Å²) >= 11 is 6.65. The van der Waals surface area contributed by atoms with E-state index in [9.17, 15) is 9.59 Å². The summed E-state index contributed by atoms with van der Waals surface area (Å²) < 4.78 is 11.2. The van der Waals surface area contributed by atoms with Crippen LogP contribution in [0.4, 0.5) is 0 Å². The molecule has 31 heavy (non-hydrogen) atoms. The average molecular weight is 455 g/mol. The number of ether oxygens (including phenoxy) is 2. The van der Waals surface area contributed by atoms with Crippen LogP contribution in [0.5, 0.6) is 11.5 Å². The van der Waals surface area contributed by atoms with E-state index in [4.69, 9.17) is 21.7 Å². The Hall–Kier alpha value is -2.84. The Morgan fingerprint density at radius 2 is 1.97 bits per heavy atom. The molecule has 160 valence electrons. The molecule has 0 N–H and O–H groups in total. The van der Waals surface area contributed by atoms with Crippen LogP contribution in [-0.4, -0.2) is 45.8 Å². The van der Waals surface area contributed by atoms with E-state index in [2.05, 4.69) is 0 Å². The highest BCUT2D eigenvalue weighted by Crippen LogP contribution is 2.36. The monoisotopic (exact) mass is 454 g/mol. The largest absolute Gasteiger partial charge is 0.454 e. The quantitative estimate of drug-likeness (QED) is 0.465. The van der Waals surface area contributed by atoms with Crippen molar-refractivity contribution < 1.29 is 19.1 Å². The Bertz CT molecular complexity index is 1040. The number of carbonyl (C=O) groups is 2. The molecule has 0 bridgehead atoms. The van der Waals surface area contributed by atoms with Gasteiger partial charge in [0.05, 0.1) is 4.91 Å². The Morgan fingerprint density at radius 3 is 2.74 bits per heavy atom. The molecule has 0 spiro atoms. The van der Waals surface area contributed by atoms with Crippen LogP contribution >= 0.6 is 24.0 Å². The van der Waals surface area contributed by atoms with Crippen molar-refractivity contribution in [3.8, 4) is 11.5 Å². The molecule has 0 atom stereocenters. The maximum absolute atomic E-state index is 12.9. The summed E-state index contributed by atoms with van der Waals surface area (Å²) in [5, 5.41) is 0. The van der Waals surface area contributed by atoms with Gasteiger partial charge < -0.3 is 14.4 Å². The van der Waals surface area contributed by atoms with Gasteiger partial charge in [-0.25, -0.2) is 0 Å². The van der Waals surface area contributed by atoms with E-state index < -0.39 is 0 Å². The number of benzene rings is 2. The molecular formula is C23H22N2O4S2. The van der Waals surface area contributed by atoms with Crippen LogP contribution in [0.25, 0.3) is 6.08 Å². The van der Waals surface area contributed by atoms with Gasteiger partial charge in [0.1, 0.15) is 4.32 Å². The molecule has 1 saturated heterocycles. The first kappa shape index (κ1) is 21.4. The minimum Gasteiger partial charge on any atom is -0.454 e. The first-order chi connectivity index (χ1) is 15.0. The number of amides is 2. The van der Waals surface area contributed by atoms with Crippen molar-refractivity contribution in [2.24, 2.45) is 0 Å². The molecule has 2 aliphatic heterocycles. The zero-order valence-electron chi connectivity index (χ0n) is 17.1. The predicted octanol–water partition coefficient (Wildman–Crippen LogP) is 4.06. The highest BCUT2D eigenvalue weighted by Gasteiger charge is 2.32. The molecule has 2 aromatic rings. The third-order valence-electron chi connectivity index (χ3n) is 5.07. The van der Waals surface area contributed by atoms with Gasteiger partial charge >= 0.3 is 0 Å². The van der Waals surface area contributed by atoms with Crippen LogP contribution in [0.2, 0.25) is 0 Å². The summed E-state index contributed by atoms with van der Waals surface area (Å²) in [6.45, 7) is 3.59. The SMILES string of the molecule is CCN(Cc1ccccc1)C(=O)CCN1C(=O)C(=Cc2ccc3c(c2)OCO3)SC1=S. The van der Waals surface area contributed by atoms with Crippen LogP contribution in [0, 0.1) is 0 Å². The summed E-state index contributed by atoms with van der Waals surface area (Å²) in [5.74, 6) is 1.18. The highest BCUT2D eigenvalue weighted by atomic mass is 32.2. The van der Waals surface area contributed by atoms with Gasteiger partial charge in [-0.15, -0.1) is 0 Å². The van der Waals surface area contributed by atoms with Gasteiger partial charge in [-0.1, -0.05) is 60.4 Å². The minimum absolute atomic E-state index is 0.000142. The van der Waals surface area contributed by atoms with Gasteiger partial charge in [0, 0.05) is 26.1 Å². The maximum atomic E-state index is 12.9. The smallest absolute Gasteiger partial charge is 0.266 e. The first-order valence-corrected chi connectivity index (χ1v) is 11.2. The highest BCUT2D eigenvalue weighted by molar-refractivity contribution is 8.26. The summed E-state index contributed by atoms with van der Waals surface area (Å²) in [6.07, 6.45) is 2.02. The van der Waals surface area contributed by atoms with E-state index in [1.54, 1.807) is 11.0 Å². The average Bonchev–Trinajstić information content (AvgIpc) is 3.35. The zero-order chi connectivity index (χ0) is 21.8. The molecule has 0 aromatic heterocycles. The van der Waals surface area contributed by atoms with Crippen LogP contribution in [0.3, 0.4) is 0 Å². The van der Waals surface area contributed by atoms with Crippen LogP contribution < -0.4 is 9.47 Å². The van der Waals surface area contributed by atoms with E-state index >= 15 is 0 Å². The zero-order valence-corrected chi connectivity index (χ0v) is 18.7. The molecule has 6 nitrogen and oxygen atoms in total. The van der Waals surface area contributed by atoms with Crippen LogP contribution in [0.1, 0.15) is 24.5 Å². The van der Waals surface area contributed by atoms with Crippen molar-refractivity contribution >= 4 is 46.2 Å². The topological polar surface area (TPSA) is 59.1 Å². The Morgan fingerprint density at radius 1 is 1.19 bits per heavy atom. The Balaban J connectivity index is 1.38. The van der Waals surface area contributed by atoms with Crippen LogP contribution in [-0.2, 0) is 16.1 Å². The lowest BCUT2D eigenvalue weighted by molar-refractivity contribution is -0.132. The first-order valence-electron chi connectivity index (χ1n) is 10.0. The van der Waals surface area contributed by atoms with E-state index in [1.165, 1.54) is 16.7 Å². The van der Waals surface area contributed by atoms with Gasteiger partial charge in [-0.2, -0.15) is 0 Å².